The zero-order valence-electron chi connectivity index (χ0n) is 14.7. The molecular formula is C20H28N2O2. The molecule has 4 nitrogen and oxygen atoms in total. The zero-order valence-corrected chi connectivity index (χ0v) is 14.7. The van der Waals surface area contributed by atoms with E-state index >= 15 is 0 Å². The fourth-order valence-corrected chi connectivity index (χ4v) is 4.72. The van der Waals surface area contributed by atoms with Crippen LogP contribution in [0.2, 0.25) is 0 Å². The first-order valence-electron chi connectivity index (χ1n) is 9.48. The summed E-state index contributed by atoms with van der Waals surface area (Å²) in [5, 5.41) is 3.07. The molecule has 130 valence electrons. The molecule has 1 N–H and O–H groups in total. The average molecular weight is 328 g/mol. The molecule has 0 saturated carbocycles. The van der Waals surface area contributed by atoms with Crippen molar-refractivity contribution in [2.45, 2.75) is 52.0 Å². The van der Waals surface area contributed by atoms with Crippen molar-refractivity contribution in [3.8, 4) is 5.75 Å². The SMILES string of the molecule is CCOc1cc2c(cc1CN1CC[C@]3(CCCNC3=O)C1)CCC2. The lowest BCUT2D eigenvalue weighted by molar-refractivity contribution is -0.132. The van der Waals surface area contributed by atoms with E-state index in [-0.39, 0.29) is 11.3 Å². The molecule has 0 aromatic heterocycles. The number of hydrogen-bond acceptors (Lipinski definition) is 3. The molecule has 0 radical (unpaired) electrons. The van der Waals surface area contributed by atoms with E-state index in [9.17, 15) is 4.79 Å². The summed E-state index contributed by atoms with van der Waals surface area (Å²) in [6.45, 7) is 6.40. The van der Waals surface area contributed by atoms with E-state index in [1.807, 2.05) is 6.92 Å². The Labute approximate surface area is 144 Å². The number of rotatable bonds is 4. The van der Waals surface area contributed by atoms with Crippen LogP contribution in [0.4, 0.5) is 0 Å². The van der Waals surface area contributed by atoms with Gasteiger partial charge >= 0.3 is 0 Å². The largest absolute Gasteiger partial charge is 0.494 e. The molecule has 1 amide bonds. The molecule has 3 aliphatic rings. The van der Waals surface area contributed by atoms with E-state index in [0.717, 1.165) is 51.2 Å². The second kappa shape index (κ2) is 6.40. The maximum Gasteiger partial charge on any atom is 0.227 e. The van der Waals surface area contributed by atoms with E-state index in [0.29, 0.717) is 6.61 Å². The van der Waals surface area contributed by atoms with Crippen LogP contribution in [0, 0.1) is 5.41 Å². The highest BCUT2D eigenvalue weighted by atomic mass is 16.5. The van der Waals surface area contributed by atoms with Crippen LogP contribution in [0.25, 0.3) is 0 Å². The average Bonchev–Trinajstić information content (AvgIpc) is 3.19. The van der Waals surface area contributed by atoms with Crippen LogP contribution in [-0.4, -0.2) is 37.0 Å². The number of ether oxygens (including phenoxy) is 1. The van der Waals surface area contributed by atoms with E-state index in [4.69, 9.17) is 4.74 Å². The Hall–Kier alpha value is -1.55. The number of likely N-dealkylation sites (tertiary alicyclic amines) is 1. The highest BCUT2D eigenvalue weighted by Crippen LogP contribution is 2.39. The van der Waals surface area contributed by atoms with Crippen LogP contribution in [0.15, 0.2) is 12.1 Å². The molecule has 2 heterocycles. The van der Waals surface area contributed by atoms with E-state index in [1.54, 1.807) is 0 Å². The summed E-state index contributed by atoms with van der Waals surface area (Å²) in [4.78, 5) is 14.8. The standard InChI is InChI=1S/C20H28N2O2/c1-2-24-18-12-16-6-3-5-15(16)11-17(18)13-22-10-8-20(14-22)7-4-9-21-19(20)23/h11-12H,2-10,13-14H2,1H3,(H,21,23)/t20-/m1/s1. The van der Waals surface area contributed by atoms with Crippen molar-refractivity contribution in [1.82, 2.24) is 10.2 Å². The molecule has 1 atom stereocenters. The molecule has 4 rings (SSSR count). The Balaban J connectivity index is 1.52. The van der Waals surface area contributed by atoms with Gasteiger partial charge in [0.05, 0.1) is 12.0 Å². The van der Waals surface area contributed by atoms with Gasteiger partial charge < -0.3 is 10.1 Å². The molecule has 1 spiro atoms. The molecule has 2 saturated heterocycles. The van der Waals surface area contributed by atoms with Crippen molar-refractivity contribution >= 4 is 5.91 Å². The zero-order chi connectivity index (χ0) is 16.6. The molecule has 2 fully saturated rings. The van der Waals surface area contributed by atoms with Crippen LogP contribution in [0.5, 0.6) is 5.75 Å². The van der Waals surface area contributed by atoms with Gasteiger partial charge in [0.1, 0.15) is 5.75 Å². The molecule has 0 bridgehead atoms. The third-order valence-electron chi connectivity index (χ3n) is 6.00. The lowest BCUT2D eigenvalue weighted by atomic mass is 9.79. The summed E-state index contributed by atoms with van der Waals surface area (Å²) in [6.07, 6.45) is 6.79. The van der Waals surface area contributed by atoms with Crippen molar-refractivity contribution in [3.05, 3.63) is 28.8 Å². The summed E-state index contributed by atoms with van der Waals surface area (Å²) >= 11 is 0. The molecule has 24 heavy (non-hydrogen) atoms. The summed E-state index contributed by atoms with van der Waals surface area (Å²) in [7, 11) is 0. The molecule has 2 aliphatic heterocycles. The Kier molecular flexibility index (Phi) is 4.25. The van der Waals surface area contributed by atoms with Crippen LogP contribution in [-0.2, 0) is 24.2 Å². The lowest BCUT2D eigenvalue weighted by Gasteiger charge is -2.32. The minimum atomic E-state index is -0.138. The predicted molar refractivity (Wildman–Crippen MR) is 94.2 cm³/mol. The van der Waals surface area contributed by atoms with Crippen molar-refractivity contribution in [3.63, 3.8) is 0 Å². The molecule has 1 aromatic carbocycles. The number of fused-ring (bicyclic) bond motifs is 1. The molecule has 0 unspecified atom stereocenters. The fourth-order valence-electron chi connectivity index (χ4n) is 4.72. The molecule has 1 aromatic rings. The van der Waals surface area contributed by atoms with Gasteiger partial charge in [-0.05, 0) is 69.2 Å². The fraction of sp³-hybridized carbons (Fsp3) is 0.650. The van der Waals surface area contributed by atoms with Crippen LogP contribution in [0.3, 0.4) is 0 Å². The summed E-state index contributed by atoms with van der Waals surface area (Å²) in [5.41, 5.74) is 4.12. The first-order chi connectivity index (χ1) is 11.7. The minimum Gasteiger partial charge on any atom is -0.494 e. The van der Waals surface area contributed by atoms with Crippen molar-refractivity contribution in [2.75, 3.05) is 26.2 Å². The van der Waals surface area contributed by atoms with Gasteiger partial charge in [0.15, 0.2) is 0 Å². The van der Waals surface area contributed by atoms with Crippen LogP contribution in [0.1, 0.15) is 49.3 Å². The Morgan fingerprint density at radius 2 is 2.04 bits per heavy atom. The number of hydrogen-bond donors (Lipinski definition) is 1. The van der Waals surface area contributed by atoms with E-state index in [2.05, 4.69) is 22.3 Å². The monoisotopic (exact) mass is 328 g/mol. The highest BCUT2D eigenvalue weighted by Gasteiger charge is 2.45. The summed E-state index contributed by atoms with van der Waals surface area (Å²) in [5.74, 6) is 1.32. The van der Waals surface area contributed by atoms with Gasteiger partial charge in [-0.3, -0.25) is 9.69 Å². The van der Waals surface area contributed by atoms with Gasteiger partial charge in [-0.1, -0.05) is 6.07 Å². The highest BCUT2D eigenvalue weighted by molar-refractivity contribution is 5.84. The normalized spacial score (nSPS) is 26.6. The maximum absolute atomic E-state index is 12.4. The number of carbonyl (C=O) groups excluding carboxylic acids is 1. The quantitative estimate of drug-likeness (QED) is 0.924. The van der Waals surface area contributed by atoms with Gasteiger partial charge in [-0.25, -0.2) is 0 Å². The second-order valence-corrected chi connectivity index (χ2v) is 7.62. The molecule has 4 heteroatoms. The van der Waals surface area contributed by atoms with Gasteiger partial charge in [0.25, 0.3) is 0 Å². The first kappa shape index (κ1) is 15.9. The maximum atomic E-state index is 12.4. The number of amides is 1. The third-order valence-corrected chi connectivity index (χ3v) is 6.00. The topological polar surface area (TPSA) is 41.6 Å². The van der Waals surface area contributed by atoms with Gasteiger partial charge in [-0.2, -0.15) is 0 Å². The summed E-state index contributed by atoms with van der Waals surface area (Å²) in [6, 6.07) is 4.62. The Bertz CT molecular complexity index is 643. The summed E-state index contributed by atoms with van der Waals surface area (Å²) < 4.78 is 5.92. The van der Waals surface area contributed by atoms with Gasteiger partial charge in [0.2, 0.25) is 5.91 Å². The number of aryl methyl sites for hydroxylation is 2. The van der Waals surface area contributed by atoms with Crippen molar-refractivity contribution < 1.29 is 9.53 Å². The number of carbonyl (C=O) groups is 1. The van der Waals surface area contributed by atoms with Gasteiger partial charge in [0, 0.05) is 25.2 Å². The van der Waals surface area contributed by atoms with E-state index < -0.39 is 0 Å². The second-order valence-electron chi connectivity index (χ2n) is 7.62. The minimum absolute atomic E-state index is 0.138. The number of nitrogens with one attached hydrogen (secondary N) is 1. The lowest BCUT2D eigenvalue weighted by Crippen LogP contribution is -2.47. The van der Waals surface area contributed by atoms with Gasteiger partial charge in [-0.15, -0.1) is 0 Å². The smallest absolute Gasteiger partial charge is 0.227 e. The number of piperidine rings is 1. The van der Waals surface area contributed by atoms with Crippen LogP contribution >= 0.6 is 0 Å². The van der Waals surface area contributed by atoms with Crippen molar-refractivity contribution in [1.29, 1.82) is 0 Å². The number of benzene rings is 1. The first-order valence-corrected chi connectivity index (χ1v) is 9.48. The van der Waals surface area contributed by atoms with Crippen molar-refractivity contribution in [2.24, 2.45) is 5.41 Å². The van der Waals surface area contributed by atoms with Crippen LogP contribution < -0.4 is 10.1 Å². The predicted octanol–water partition coefficient (Wildman–Crippen LogP) is 2.68. The third kappa shape index (κ3) is 2.81. The molecule has 1 aliphatic carbocycles. The van der Waals surface area contributed by atoms with E-state index in [1.165, 1.54) is 36.0 Å². The number of nitrogens with zero attached hydrogens (tertiary/aromatic N) is 1. The Morgan fingerprint density at radius 3 is 2.83 bits per heavy atom. The molecular weight excluding hydrogens is 300 g/mol. The Morgan fingerprint density at radius 1 is 1.21 bits per heavy atom.